The fourth-order valence-corrected chi connectivity index (χ4v) is 5.42. The number of benzene rings is 2. The molecule has 1 aliphatic heterocycles. The van der Waals surface area contributed by atoms with Crippen LogP contribution in [0.3, 0.4) is 0 Å². The van der Waals surface area contributed by atoms with Crippen LogP contribution in [0.4, 0.5) is 24.8 Å². The van der Waals surface area contributed by atoms with Crippen molar-refractivity contribution in [2.45, 2.75) is 32.0 Å². The van der Waals surface area contributed by atoms with E-state index in [1.807, 2.05) is 48.5 Å². The Kier molecular flexibility index (Phi) is 8.20. The smallest absolute Gasteiger partial charge is 0.339 e. The van der Waals surface area contributed by atoms with Gasteiger partial charge in [0.15, 0.2) is 5.65 Å². The molecule has 1 aliphatic rings. The highest BCUT2D eigenvalue weighted by Gasteiger charge is 2.29. The minimum Gasteiger partial charge on any atom is -0.339 e. The maximum atomic E-state index is 13.2. The molecule has 2 amide bonds. The highest BCUT2D eigenvalue weighted by Crippen LogP contribution is 2.28. The Morgan fingerprint density at radius 3 is 2.58 bits per heavy atom. The van der Waals surface area contributed by atoms with Gasteiger partial charge in [-0.15, -0.1) is 5.10 Å². The lowest BCUT2D eigenvalue weighted by Gasteiger charge is -2.27. The molecule has 230 valence electrons. The zero-order chi connectivity index (χ0) is 31.6. The summed E-state index contributed by atoms with van der Waals surface area (Å²) in [4.78, 5) is 37.6. The number of carbonyl (C=O) groups excluding carboxylic acids is 2. The van der Waals surface area contributed by atoms with Crippen LogP contribution in [0, 0.1) is 0 Å². The lowest BCUT2D eigenvalue weighted by atomic mass is 10.00. The SMILES string of the molecule is CN(Cc1cccc2cccnc12)C(=O)c1ccc(Nc2nc3c(C4=CCN(C(=O)CCC(F)(F)F)CC4)cccn3n2)cc1. The number of amides is 2. The molecule has 6 rings (SSSR count). The number of halogens is 3. The average molecular weight is 614 g/mol. The maximum absolute atomic E-state index is 13.2. The van der Waals surface area contributed by atoms with E-state index in [2.05, 4.69) is 20.4 Å². The van der Waals surface area contributed by atoms with E-state index < -0.39 is 24.9 Å². The van der Waals surface area contributed by atoms with Crippen molar-refractivity contribution in [1.82, 2.24) is 29.4 Å². The van der Waals surface area contributed by atoms with Crippen LogP contribution in [0.25, 0.3) is 22.1 Å². The van der Waals surface area contributed by atoms with Gasteiger partial charge in [-0.2, -0.15) is 18.2 Å². The molecule has 0 unspecified atom stereocenters. The van der Waals surface area contributed by atoms with Crippen molar-refractivity contribution in [2.24, 2.45) is 0 Å². The summed E-state index contributed by atoms with van der Waals surface area (Å²) in [6.45, 7) is 0.997. The van der Waals surface area contributed by atoms with E-state index in [9.17, 15) is 22.8 Å². The number of pyridine rings is 2. The van der Waals surface area contributed by atoms with Crippen molar-refractivity contribution in [1.29, 1.82) is 0 Å². The number of carbonyl (C=O) groups is 2. The van der Waals surface area contributed by atoms with Crippen molar-refractivity contribution in [2.75, 3.05) is 25.5 Å². The second-order valence-electron chi connectivity index (χ2n) is 10.9. The third-order valence-electron chi connectivity index (χ3n) is 7.75. The Hall–Kier alpha value is -5.26. The zero-order valence-electron chi connectivity index (χ0n) is 24.5. The summed E-state index contributed by atoms with van der Waals surface area (Å²) >= 11 is 0. The van der Waals surface area contributed by atoms with E-state index in [0.717, 1.165) is 27.6 Å². The predicted molar refractivity (Wildman–Crippen MR) is 165 cm³/mol. The quantitative estimate of drug-likeness (QED) is 0.222. The summed E-state index contributed by atoms with van der Waals surface area (Å²) in [6, 6.07) is 20.7. The van der Waals surface area contributed by atoms with Crippen LogP contribution < -0.4 is 5.32 Å². The molecule has 3 aromatic heterocycles. The second kappa shape index (κ2) is 12.4. The van der Waals surface area contributed by atoms with Crippen LogP contribution in [0.2, 0.25) is 0 Å². The summed E-state index contributed by atoms with van der Waals surface area (Å²) in [5.41, 5.74) is 5.48. The molecule has 45 heavy (non-hydrogen) atoms. The number of anilines is 2. The molecule has 4 heterocycles. The number of nitrogens with one attached hydrogen (secondary N) is 1. The van der Waals surface area contributed by atoms with Crippen LogP contribution in [0.5, 0.6) is 0 Å². The molecule has 0 atom stereocenters. The van der Waals surface area contributed by atoms with E-state index in [1.54, 1.807) is 53.1 Å². The van der Waals surface area contributed by atoms with Crippen LogP contribution in [0.15, 0.2) is 85.2 Å². The Morgan fingerprint density at radius 1 is 1.02 bits per heavy atom. The molecular weight excluding hydrogens is 583 g/mol. The average Bonchev–Trinajstić information content (AvgIpc) is 3.46. The minimum atomic E-state index is -4.35. The molecule has 5 aromatic rings. The molecule has 12 heteroatoms. The topological polar surface area (TPSA) is 95.7 Å². The van der Waals surface area contributed by atoms with Crippen LogP contribution in [-0.4, -0.2) is 67.5 Å². The Labute approximate surface area is 257 Å². The number of rotatable bonds is 8. The Bertz CT molecular complexity index is 1900. The highest BCUT2D eigenvalue weighted by atomic mass is 19.4. The number of fused-ring (bicyclic) bond motifs is 2. The first-order valence-corrected chi connectivity index (χ1v) is 14.5. The van der Waals surface area contributed by atoms with Gasteiger partial charge in [0.25, 0.3) is 5.91 Å². The van der Waals surface area contributed by atoms with Gasteiger partial charge in [0.1, 0.15) is 0 Å². The Balaban J connectivity index is 1.11. The molecular formula is C33H30F3N7O2. The molecule has 0 aliphatic carbocycles. The van der Waals surface area contributed by atoms with Crippen molar-refractivity contribution < 1.29 is 22.8 Å². The molecule has 0 fully saturated rings. The lowest BCUT2D eigenvalue weighted by molar-refractivity contribution is -0.148. The Morgan fingerprint density at radius 2 is 1.82 bits per heavy atom. The van der Waals surface area contributed by atoms with Gasteiger partial charge < -0.3 is 15.1 Å². The fourth-order valence-electron chi connectivity index (χ4n) is 5.42. The summed E-state index contributed by atoms with van der Waals surface area (Å²) < 4.78 is 39.2. The monoisotopic (exact) mass is 613 g/mol. The molecule has 0 radical (unpaired) electrons. The molecule has 9 nitrogen and oxygen atoms in total. The summed E-state index contributed by atoms with van der Waals surface area (Å²) in [6.07, 6.45) is -0.144. The van der Waals surface area contributed by atoms with Crippen molar-refractivity contribution in [3.63, 3.8) is 0 Å². The van der Waals surface area contributed by atoms with Gasteiger partial charge in [-0.3, -0.25) is 14.6 Å². The van der Waals surface area contributed by atoms with Gasteiger partial charge in [-0.05, 0) is 60.0 Å². The molecule has 0 bridgehead atoms. The normalized spacial score (nSPS) is 13.6. The molecule has 0 spiro atoms. The first kappa shape index (κ1) is 29.8. The second-order valence-corrected chi connectivity index (χ2v) is 10.9. The lowest BCUT2D eigenvalue weighted by Crippen LogP contribution is -2.35. The number of nitrogens with zero attached hydrogens (tertiary/aromatic N) is 6. The number of alkyl halides is 3. The largest absolute Gasteiger partial charge is 0.389 e. The van der Waals surface area contributed by atoms with Gasteiger partial charge in [-0.1, -0.05) is 30.3 Å². The summed E-state index contributed by atoms with van der Waals surface area (Å²) in [5.74, 6) is -0.259. The van der Waals surface area contributed by atoms with Crippen LogP contribution in [-0.2, 0) is 11.3 Å². The van der Waals surface area contributed by atoms with Crippen molar-refractivity contribution >= 4 is 45.6 Å². The third kappa shape index (κ3) is 6.79. The predicted octanol–water partition coefficient (Wildman–Crippen LogP) is 6.25. The van der Waals surface area contributed by atoms with Crippen molar-refractivity contribution in [3.05, 3.63) is 102 Å². The fraction of sp³-hybridized carbons (Fsp3) is 0.242. The molecule has 0 saturated heterocycles. The zero-order valence-corrected chi connectivity index (χ0v) is 24.5. The minimum absolute atomic E-state index is 0.119. The first-order chi connectivity index (χ1) is 21.6. The molecule has 2 aromatic carbocycles. The molecule has 1 N–H and O–H groups in total. The van der Waals surface area contributed by atoms with E-state index >= 15 is 0 Å². The standard InChI is InChI=1S/C33H30F3N7O2/c1-41(21-25-6-2-5-23-7-3-17-37-29(23)25)31(45)24-9-11-26(12-10-24)38-32-39-30-27(8-4-18-43(30)40-32)22-14-19-42(20-15-22)28(44)13-16-33(34,35)36/h2-12,14,17-18H,13,15-16,19-21H2,1H3,(H,38,40). The van der Waals surface area contributed by atoms with Crippen molar-refractivity contribution in [3.8, 4) is 0 Å². The van der Waals surface area contributed by atoms with E-state index in [4.69, 9.17) is 0 Å². The number of hydrogen-bond acceptors (Lipinski definition) is 6. The molecule has 0 saturated carbocycles. The first-order valence-electron chi connectivity index (χ1n) is 14.5. The number of para-hydroxylation sites is 1. The number of aromatic nitrogens is 4. The van der Waals surface area contributed by atoms with E-state index in [-0.39, 0.29) is 12.5 Å². The van der Waals surface area contributed by atoms with Gasteiger partial charge in [0.05, 0.1) is 11.9 Å². The van der Waals surface area contributed by atoms with Gasteiger partial charge in [-0.25, -0.2) is 4.52 Å². The van der Waals surface area contributed by atoms with E-state index in [0.29, 0.717) is 42.4 Å². The van der Waals surface area contributed by atoms with Gasteiger partial charge in [0, 0.05) is 67.7 Å². The van der Waals surface area contributed by atoms with Crippen LogP contribution >= 0.6 is 0 Å². The van der Waals surface area contributed by atoms with Crippen LogP contribution in [0.1, 0.15) is 40.7 Å². The summed E-state index contributed by atoms with van der Waals surface area (Å²) in [7, 11) is 1.76. The maximum Gasteiger partial charge on any atom is 0.389 e. The highest BCUT2D eigenvalue weighted by molar-refractivity contribution is 5.94. The van der Waals surface area contributed by atoms with Gasteiger partial charge in [0.2, 0.25) is 11.9 Å². The summed E-state index contributed by atoms with van der Waals surface area (Å²) in [5, 5.41) is 8.74. The van der Waals surface area contributed by atoms with Gasteiger partial charge >= 0.3 is 6.18 Å². The van der Waals surface area contributed by atoms with E-state index in [1.165, 1.54) is 4.90 Å². The number of hydrogen-bond donors (Lipinski definition) is 1. The third-order valence-corrected chi connectivity index (χ3v) is 7.75.